The van der Waals surface area contributed by atoms with E-state index in [1.807, 2.05) is 6.92 Å². The second-order valence-corrected chi connectivity index (χ2v) is 10.0. The van der Waals surface area contributed by atoms with Crippen LogP contribution in [0.1, 0.15) is 18.4 Å². The van der Waals surface area contributed by atoms with Crippen molar-refractivity contribution in [3.8, 4) is 11.3 Å². The van der Waals surface area contributed by atoms with Gasteiger partial charge in [0.2, 0.25) is 10.0 Å². The molecule has 0 aliphatic rings. The number of hydrogen-bond donors (Lipinski definition) is 2. The number of rotatable bonds is 8. The number of nitrogens with one attached hydrogen (secondary N) is 1. The summed E-state index contributed by atoms with van der Waals surface area (Å²) in [6.07, 6.45) is 0.652. The van der Waals surface area contributed by atoms with E-state index in [0.29, 0.717) is 21.2 Å². The second-order valence-electron chi connectivity index (χ2n) is 5.19. The maximum Gasteiger partial charge on any atom is 0.310 e. The molecule has 1 heterocycles. The van der Waals surface area contributed by atoms with Crippen LogP contribution in [-0.2, 0) is 21.2 Å². The quantitative estimate of drug-likeness (QED) is 0.448. The predicted molar refractivity (Wildman–Crippen MR) is 102 cm³/mol. The Labute approximate surface area is 158 Å². The zero-order valence-corrected chi connectivity index (χ0v) is 16.7. The monoisotopic (exact) mass is 480 g/mol. The third kappa shape index (κ3) is 5.50. The summed E-state index contributed by atoms with van der Waals surface area (Å²) >= 11 is 3.52. The van der Waals surface area contributed by atoms with Crippen molar-refractivity contribution in [2.45, 2.75) is 28.6 Å². The van der Waals surface area contributed by atoms with E-state index in [2.05, 4.69) is 32.3 Å². The van der Waals surface area contributed by atoms with Gasteiger partial charge in [-0.2, -0.15) is 0 Å². The highest BCUT2D eigenvalue weighted by Crippen LogP contribution is 2.23. The second kappa shape index (κ2) is 8.37. The van der Waals surface area contributed by atoms with E-state index in [-0.39, 0.29) is 11.3 Å². The minimum absolute atomic E-state index is 0.115. The number of benzene rings is 1. The molecule has 1 unspecified atom stereocenters. The summed E-state index contributed by atoms with van der Waals surface area (Å²) in [5.74, 6) is -0.927. The van der Waals surface area contributed by atoms with Crippen molar-refractivity contribution >= 4 is 49.9 Å². The van der Waals surface area contributed by atoms with Crippen LogP contribution in [0.2, 0.25) is 0 Å². The van der Waals surface area contributed by atoms with Gasteiger partial charge in [0.1, 0.15) is 5.01 Å². The van der Waals surface area contributed by atoms with Crippen molar-refractivity contribution in [3.05, 3.63) is 34.7 Å². The van der Waals surface area contributed by atoms with Crippen LogP contribution in [-0.4, -0.2) is 34.9 Å². The molecule has 0 fully saturated rings. The van der Waals surface area contributed by atoms with E-state index in [0.717, 1.165) is 12.0 Å². The minimum Gasteiger partial charge on any atom is -0.481 e. The Kier molecular flexibility index (Phi) is 6.72. The van der Waals surface area contributed by atoms with Crippen LogP contribution in [0.5, 0.6) is 0 Å². The largest absolute Gasteiger partial charge is 0.481 e. The summed E-state index contributed by atoms with van der Waals surface area (Å²) in [4.78, 5) is 15.1. The maximum absolute atomic E-state index is 12.2. The van der Waals surface area contributed by atoms with Gasteiger partial charge in [-0.05, 0) is 18.6 Å². The van der Waals surface area contributed by atoms with Gasteiger partial charge in [0.25, 0.3) is 0 Å². The first-order valence-corrected chi connectivity index (χ1v) is 10.8. The fourth-order valence-electron chi connectivity index (χ4n) is 1.93. The van der Waals surface area contributed by atoms with E-state index in [9.17, 15) is 13.2 Å². The summed E-state index contributed by atoms with van der Waals surface area (Å²) in [6.45, 7) is 2.43. The van der Waals surface area contributed by atoms with Gasteiger partial charge in [-0.1, -0.05) is 41.6 Å². The molecular formula is C15H17IN2O4S2. The molecule has 1 aromatic carbocycles. The summed E-state index contributed by atoms with van der Waals surface area (Å²) in [6, 6.07) is 6.41. The van der Waals surface area contributed by atoms with Crippen molar-refractivity contribution in [1.82, 2.24) is 9.71 Å². The average molecular weight is 480 g/mol. The molecule has 6 nitrogen and oxygen atoms in total. The van der Waals surface area contributed by atoms with Crippen LogP contribution < -0.4 is 4.72 Å². The third-order valence-electron chi connectivity index (χ3n) is 3.15. The molecule has 0 radical (unpaired) electrons. The summed E-state index contributed by atoms with van der Waals surface area (Å²) in [7, 11) is -3.51. The first kappa shape index (κ1) is 19.3. The molecule has 9 heteroatoms. The van der Waals surface area contributed by atoms with Crippen LogP contribution in [0, 0.1) is 0 Å². The van der Waals surface area contributed by atoms with Crippen LogP contribution in [0.4, 0.5) is 0 Å². The summed E-state index contributed by atoms with van der Waals surface area (Å²) in [5, 5.41) is 11.1. The number of carboxylic acid groups (broad SMARTS) is 1. The minimum atomic E-state index is -3.51. The number of carboxylic acids is 1. The highest BCUT2D eigenvalue weighted by Gasteiger charge is 2.14. The zero-order chi connectivity index (χ0) is 17.7. The van der Waals surface area contributed by atoms with Crippen LogP contribution >= 0.6 is 33.9 Å². The van der Waals surface area contributed by atoms with Gasteiger partial charge >= 0.3 is 5.97 Å². The lowest BCUT2D eigenvalue weighted by atomic mass is 10.2. The highest BCUT2D eigenvalue weighted by atomic mass is 127. The first-order valence-electron chi connectivity index (χ1n) is 7.18. The number of aromatic nitrogens is 1. The molecule has 2 rings (SSSR count). The molecule has 0 saturated heterocycles. The summed E-state index contributed by atoms with van der Waals surface area (Å²) in [5.41, 5.74) is 1.40. The normalized spacial score (nSPS) is 12.9. The lowest BCUT2D eigenvalue weighted by Gasteiger charge is -2.08. The Morgan fingerprint density at radius 2 is 2.04 bits per heavy atom. The molecule has 130 valence electrons. The smallest absolute Gasteiger partial charge is 0.310 e. The average Bonchev–Trinajstić information content (AvgIpc) is 2.94. The molecule has 2 N–H and O–H groups in total. The van der Waals surface area contributed by atoms with E-state index < -0.39 is 16.0 Å². The molecule has 0 bridgehead atoms. The molecule has 0 aliphatic heterocycles. The zero-order valence-electron chi connectivity index (χ0n) is 12.9. The molecule has 24 heavy (non-hydrogen) atoms. The molecule has 0 amide bonds. The van der Waals surface area contributed by atoms with Gasteiger partial charge in [0.15, 0.2) is 0 Å². The Hall–Kier alpha value is -1.04. The summed E-state index contributed by atoms with van der Waals surface area (Å²) < 4.78 is 27.4. The number of sulfonamides is 1. The number of aliphatic carboxylic acids is 1. The van der Waals surface area contributed by atoms with E-state index in [4.69, 9.17) is 5.11 Å². The maximum atomic E-state index is 12.2. The fraction of sp³-hybridized carbons (Fsp3) is 0.333. The number of hydrogen-bond acceptors (Lipinski definition) is 5. The highest BCUT2D eigenvalue weighted by molar-refractivity contribution is 14.1. The molecule has 1 atom stereocenters. The van der Waals surface area contributed by atoms with E-state index in [1.165, 1.54) is 23.5 Å². The number of carbonyl (C=O) groups is 1. The van der Waals surface area contributed by atoms with Crippen LogP contribution in [0.25, 0.3) is 11.3 Å². The third-order valence-corrected chi connectivity index (χ3v) is 6.10. The number of alkyl halides is 1. The predicted octanol–water partition coefficient (Wildman–Crippen LogP) is 2.93. The Morgan fingerprint density at radius 1 is 1.38 bits per heavy atom. The molecule has 1 aromatic heterocycles. The Balaban J connectivity index is 2.09. The molecule has 0 spiro atoms. The topological polar surface area (TPSA) is 96.4 Å². The van der Waals surface area contributed by atoms with Crippen molar-refractivity contribution in [2.75, 3.05) is 6.54 Å². The van der Waals surface area contributed by atoms with Gasteiger partial charge in [-0.3, -0.25) is 4.79 Å². The van der Waals surface area contributed by atoms with Crippen molar-refractivity contribution in [2.24, 2.45) is 0 Å². The van der Waals surface area contributed by atoms with Gasteiger partial charge in [-0.25, -0.2) is 18.1 Å². The van der Waals surface area contributed by atoms with Gasteiger partial charge in [0.05, 0.1) is 17.0 Å². The molecule has 0 aliphatic carbocycles. The lowest BCUT2D eigenvalue weighted by molar-refractivity contribution is -0.136. The number of nitrogens with zero attached hydrogens (tertiary/aromatic N) is 1. The first-order chi connectivity index (χ1) is 11.3. The van der Waals surface area contributed by atoms with Crippen molar-refractivity contribution < 1.29 is 18.3 Å². The number of thiazole rings is 1. The fourth-order valence-corrected chi connectivity index (χ4v) is 4.09. The number of halogens is 1. The van der Waals surface area contributed by atoms with E-state index in [1.54, 1.807) is 17.5 Å². The SMILES string of the molecule is CC(I)CCNS(=O)(=O)c1ccc(-c2csc(CC(=O)O)n2)cc1. The molecular weight excluding hydrogens is 463 g/mol. The molecule has 2 aromatic rings. The standard InChI is InChI=1S/C15H17IN2O4S2/c1-10(16)6-7-17-24(21,22)12-4-2-11(3-5-12)13-9-23-14(18-13)8-15(19)20/h2-5,9-10,17H,6-8H2,1H3,(H,19,20). The van der Waals surface area contributed by atoms with Crippen molar-refractivity contribution in [1.29, 1.82) is 0 Å². The molecule has 0 saturated carbocycles. The van der Waals surface area contributed by atoms with Crippen molar-refractivity contribution in [3.63, 3.8) is 0 Å². The van der Waals surface area contributed by atoms with Gasteiger partial charge < -0.3 is 5.11 Å². The van der Waals surface area contributed by atoms with Crippen LogP contribution in [0.3, 0.4) is 0 Å². The van der Waals surface area contributed by atoms with Gasteiger partial charge in [-0.15, -0.1) is 11.3 Å². The van der Waals surface area contributed by atoms with Gasteiger partial charge in [0, 0.05) is 21.4 Å². The van der Waals surface area contributed by atoms with Crippen LogP contribution in [0.15, 0.2) is 34.5 Å². The Bertz CT molecular complexity index is 801. The lowest BCUT2D eigenvalue weighted by Crippen LogP contribution is -2.25. The van der Waals surface area contributed by atoms with E-state index >= 15 is 0 Å². The Morgan fingerprint density at radius 3 is 2.62 bits per heavy atom.